The van der Waals surface area contributed by atoms with Gasteiger partial charge in [-0.1, -0.05) is 6.07 Å². The maximum atomic E-state index is 6.25. The molecule has 0 unspecified atom stereocenters. The van der Waals surface area contributed by atoms with Crippen LogP contribution in [0.4, 0.5) is 0 Å². The molecule has 126 valence electrons. The van der Waals surface area contributed by atoms with Crippen molar-refractivity contribution in [3.8, 4) is 11.4 Å². The first-order valence-electron chi connectivity index (χ1n) is 8.65. The van der Waals surface area contributed by atoms with Crippen molar-refractivity contribution in [1.82, 2.24) is 14.8 Å². The van der Waals surface area contributed by atoms with E-state index in [4.69, 9.17) is 14.4 Å². The van der Waals surface area contributed by atoms with Crippen molar-refractivity contribution in [3.63, 3.8) is 0 Å². The first kappa shape index (κ1) is 15.8. The van der Waals surface area contributed by atoms with Crippen molar-refractivity contribution in [1.29, 1.82) is 0 Å². The van der Waals surface area contributed by atoms with Crippen molar-refractivity contribution >= 4 is 12.6 Å². The summed E-state index contributed by atoms with van der Waals surface area (Å²) in [6, 6.07) is 6.52. The predicted molar refractivity (Wildman–Crippen MR) is 94.2 cm³/mol. The molecule has 2 fully saturated rings. The minimum atomic E-state index is -0.417. The number of hydrogen-bond acceptors (Lipinski definition) is 4. The molecule has 0 radical (unpaired) electrons. The van der Waals surface area contributed by atoms with Crippen LogP contribution in [0.15, 0.2) is 24.4 Å². The Bertz CT molecular complexity index is 764. The average molecular weight is 325 g/mol. The van der Waals surface area contributed by atoms with Crippen LogP contribution in [-0.4, -0.2) is 33.1 Å². The van der Waals surface area contributed by atoms with Crippen LogP contribution in [0.5, 0.6) is 0 Å². The Morgan fingerprint density at radius 3 is 2.38 bits per heavy atom. The van der Waals surface area contributed by atoms with Gasteiger partial charge in [0.2, 0.25) is 0 Å². The molecule has 1 aliphatic heterocycles. The number of rotatable bonds is 3. The summed E-state index contributed by atoms with van der Waals surface area (Å²) in [4.78, 5) is 4.65. The second-order valence-electron chi connectivity index (χ2n) is 7.90. The molecule has 2 aliphatic rings. The fourth-order valence-electron chi connectivity index (χ4n) is 2.95. The monoisotopic (exact) mass is 325 g/mol. The van der Waals surface area contributed by atoms with Gasteiger partial charge in [0.25, 0.3) is 0 Å². The van der Waals surface area contributed by atoms with Gasteiger partial charge in [0.1, 0.15) is 5.69 Å². The van der Waals surface area contributed by atoms with E-state index in [0.717, 1.165) is 22.5 Å². The predicted octanol–water partition coefficient (Wildman–Crippen LogP) is 2.89. The lowest BCUT2D eigenvalue weighted by Gasteiger charge is -2.32. The molecule has 3 heterocycles. The SMILES string of the molecule is Cc1cccc(-c2nn(C3CC3)cc2B2OC(C)(C)C(C)(C)O2)n1. The molecular formula is C18H24BN3O2. The fourth-order valence-corrected chi connectivity index (χ4v) is 2.95. The quantitative estimate of drug-likeness (QED) is 0.814. The number of nitrogens with zero attached hydrogens (tertiary/aromatic N) is 3. The zero-order valence-corrected chi connectivity index (χ0v) is 15.0. The largest absolute Gasteiger partial charge is 0.498 e. The summed E-state index contributed by atoms with van der Waals surface area (Å²) in [6.07, 6.45) is 4.45. The zero-order valence-electron chi connectivity index (χ0n) is 15.0. The van der Waals surface area contributed by atoms with Gasteiger partial charge in [0.05, 0.1) is 22.9 Å². The Morgan fingerprint density at radius 2 is 1.79 bits per heavy atom. The first-order chi connectivity index (χ1) is 11.3. The Balaban J connectivity index is 1.78. The van der Waals surface area contributed by atoms with Crippen LogP contribution in [-0.2, 0) is 9.31 Å². The maximum absolute atomic E-state index is 6.25. The van der Waals surface area contributed by atoms with Gasteiger partial charge in [-0.25, -0.2) is 0 Å². The second kappa shape index (κ2) is 5.17. The molecule has 0 amide bonds. The standard InChI is InChI=1S/C18H24BN3O2/c1-12-7-6-8-15(20-12)16-14(11-22(21-16)13-9-10-13)19-23-17(2,3)18(4,5)24-19/h6-8,11,13H,9-10H2,1-5H3. The summed E-state index contributed by atoms with van der Waals surface area (Å²) in [5.41, 5.74) is 2.96. The molecule has 0 bridgehead atoms. The second-order valence-corrected chi connectivity index (χ2v) is 7.90. The minimum absolute atomic E-state index is 0.364. The van der Waals surface area contributed by atoms with E-state index >= 15 is 0 Å². The summed E-state index contributed by atoms with van der Waals surface area (Å²) >= 11 is 0. The lowest BCUT2D eigenvalue weighted by molar-refractivity contribution is 0.00578. The lowest BCUT2D eigenvalue weighted by Crippen LogP contribution is -2.41. The number of pyridine rings is 1. The molecular weight excluding hydrogens is 301 g/mol. The van der Waals surface area contributed by atoms with Crippen LogP contribution < -0.4 is 5.46 Å². The Morgan fingerprint density at radius 1 is 1.12 bits per heavy atom. The first-order valence-corrected chi connectivity index (χ1v) is 8.65. The van der Waals surface area contributed by atoms with E-state index in [1.807, 2.05) is 25.1 Å². The molecule has 5 nitrogen and oxygen atoms in total. The number of aryl methyl sites for hydroxylation is 1. The third-order valence-electron chi connectivity index (χ3n) is 5.32. The van der Waals surface area contributed by atoms with Gasteiger partial charge in [-0.3, -0.25) is 9.67 Å². The van der Waals surface area contributed by atoms with Crippen LogP contribution in [0, 0.1) is 6.92 Å². The molecule has 0 spiro atoms. The van der Waals surface area contributed by atoms with Crippen molar-refractivity contribution in [2.75, 3.05) is 0 Å². The molecule has 1 saturated heterocycles. The van der Waals surface area contributed by atoms with Gasteiger partial charge in [-0.2, -0.15) is 5.10 Å². The van der Waals surface area contributed by atoms with Gasteiger partial charge < -0.3 is 9.31 Å². The maximum Gasteiger partial charge on any atom is 0.498 e. The molecule has 6 heteroatoms. The van der Waals surface area contributed by atoms with E-state index in [9.17, 15) is 0 Å². The molecule has 1 saturated carbocycles. The Hall–Kier alpha value is -1.66. The van der Waals surface area contributed by atoms with E-state index < -0.39 is 7.12 Å². The van der Waals surface area contributed by atoms with E-state index in [1.165, 1.54) is 12.8 Å². The Labute approximate surface area is 143 Å². The minimum Gasteiger partial charge on any atom is -0.399 e. The highest BCUT2D eigenvalue weighted by atomic mass is 16.7. The van der Waals surface area contributed by atoms with Crippen LogP contribution in [0.2, 0.25) is 0 Å². The van der Waals surface area contributed by atoms with Gasteiger partial charge >= 0.3 is 7.12 Å². The third-order valence-corrected chi connectivity index (χ3v) is 5.32. The molecule has 0 atom stereocenters. The fraction of sp³-hybridized carbons (Fsp3) is 0.556. The van der Waals surface area contributed by atoms with Gasteiger partial charge in [0, 0.05) is 17.4 Å². The van der Waals surface area contributed by atoms with Crippen molar-refractivity contribution in [3.05, 3.63) is 30.1 Å². The molecule has 24 heavy (non-hydrogen) atoms. The van der Waals surface area contributed by atoms with E-state index in [0.29, 0.717) is 6.04 Å². The third kappa shape index (κ3) is 2.58. The molecule has 2 aromatic rings. The lowest BCUT2D eigenvalue weighted by atomic mass is 9.78. The van der Waals surface area contributed by atoms with Gasteiger partial charge in [-0.15, -0.1) is 0 Å². The van der Waals surface area contributed by atoms with E-state index in [1.54, 1.807) is 0 Å². The van der Waals surface area contributed by atoms with Crippen LogP contribution in [0.3, 0.4) is 0 Å². The zero-order chi connectivity index (χ0) is 17.1. The van der Waals surface area contributed by atoms with Crippen LogP contribution in [0.1, 0.15) is 52.3 Å². The Kier molecular flexibility index (Phi) is 3.41. The summed E-state index contributed by atoms with van der Waals surface area (Å²) < 4.78 is 14.6. The average Bonchev–Trinajstić information content (AvgIpc) is 3.19. The van der Waals surface area contributed by atoms with E-state index in [-0.39, 0.29) is 11.2 Å². The summed E-state index contributed by atoms with van der Waals surface area (Å²) in [5, 5.41) is 4.82. The highest BCUT2D eigenvalue weighted by Crippen LogP contribution is 2.38. The van der Waals surface area contributed by atoms with Crippen LogP contribution >= 0.6 is 0 Å². The molecule has 0 aromatic carbocycles. The van der Waals surface area contributed by atoms with Crippen molar-refractivity contribution in [2.45, 2.75) is 64.7 Å². The smallest absolute Gasteiger partial charge is 0.399 e. The number of aromatic nitrogens is 3. The molecule has 0 N–H and O–H groups in total. The molecule has 1 aliphatic carbocycles. The topological polar surface area (TPSA) is 49.2 Å². The summed E-state index contributed by atoms with van der Waals surface area (Å²) in [5.74, 6) is 0. The number of hydrogen-bond donors (Lipinski definition) is 0. The van der Waals surface area contributed by atoms with Gasteiger partial charge in [0.15, 0.2) is 0 Å². The highest BCUT2D eigenvalue weighted by molar-refractivity contribution is 6.63. The van der Waals surface area contributed by atoms with Gasteiger partial charge in [-0.05, 0) is 59.6 Å². The molecule has 4 rings (SSSR count). The molecule has 2 aromatic heterocycles. The van der Waals surface area contributed by atoms with Crippen LogP contribution in [0.25, 0.3) is 11.4 Å². The van der Waals surface area contributed by atoms with Crippen molar-refractivity contribution in [2.24, 2.45) is 0 Å². The van der Waals surface area contributed by atoms with Crippen molar-refractivity contribution < 1.29 is 9.31 Å². The summed E-state index contributed by atoms with van der Waals surface area (Å²) in [7, 11) is -0.417. The highest BCUT2D eigenvalue weighted by Gasteiger charge is 2.53. The normalized spacial score (nSPS) is 22.1. The van der Waals surface area contributed by atoms with E-state index in [2.05, 4.69) is 43.6 Å². The summed E-state index contributed by atoms with van der Waals surface area (Å²) in [6.45, 7) is 10.3.